The fraction of sp³-hybridized carbons (Fsp3) is 0.250. The minimum Gasteiger partial charge on any atom is -0.457 e. The number of hydrogen-bond donors (Lipinski definition) is 2. The lowest BCUT2D eigenvalue weighted by molar-refractivity contribution is -0.120. The van der Waals surface area contributed by atoms with Gasteiger partial charge in [0, 0.05) is 49.9 Å². The van der Waals surface area contributed by atoms with Crippen molar-refractivity contribution in [2.75, 3.05) is 30.3 Å². The summed E-state index contributed by atoms with van der Waals surface area (Å²) >= 11 is 0. The number of urea groups is 1. The number of anilines is 2. The molecule has 2 saturated heterocycles. The molecule has 2 aliphatic heterocycles. The van der Waals surface area contributed by atoms with Crippen LogP contribution in [0.5, 0.6) is 11.5 Å². The standard InChI is InChI=1S/C32H31N9O3/c33-29-27-28(21-8-10-25(11-9-21)44-24-6-2-1-3-7-24)38-41(31(27)36-20-35-29)23-12-16-39(17-13-23)19-22-5-4-15-34-30(22)40-18-14-26(42)37-32(40)43/h1-11,15,20,23H,12-14,16-19H2,(H2,33,35,36)(H,37,42,43). The number of imide groups is 1. The summed E-state index contributed by atoms with van der Waals surface area (Å²) in [7, 11) is 0. The summed E-state index contributed by atoms with van der Waals surface area (Å²) < 4.78 is 7.96. The first-order chi connectivity index (χ1) is 21.5. The van der Waals surface area contributed by atoms with Crippen LogP contribution in [0.1, 0.15) is 30.9 Å². The molecule has 0 spiro atoms. The van der Waals surface area contributed by atoms with Gasteiger partial charge in [-0.3, -0.25) is 19.9 Å². The van der Waals surface area contributed by atoms with E-state index in [9.17, 15) is 9.59 Å². The Morgan fingerprint density at radius 3 is 2.43 bits per heavy atom. The Bertz CT molecular complexity index is 1820. The number of ether oxygens (including phenoxy) is 1. The van der Waals surface area contributed by atoms with E-state index in [4.69, 9.17) is 15.6 Å². The third-order valence-corrected chi connectivity index (χ3v) is 8.10. The molecule has 3 aromatic heterocycles. The number of aromatic nitrogens is 5. The van der Waals surface area contributed by atoms with Crippen LogP contribution in [-0.4, -0.2) is 61.2 Å². The Labute approximate surface area is 253 Å². The number of nitrogen functional groups attached to an aromatic ring is 1. The first kappa shape index (κ1) is 27.5. The molecule has 12 nitrogen and oxygen atoms in total. The SMILES string of the molecule is Nc1ncnc2c1c(-c1ccc(Oc3ccccc3)cc1)nn2C1CCN(Cc2cccnc2N2CCC(=O)NC2=O)CC1. The van der Waals surface area contributed by atoms with Crippen molar-refractivity contribution in [1.82, 2.24) is 34.9 Å². The Kier molecular flexibility index (Phi) is 7.32. The van der Waals surface area contributed by atoms with Gasteiger partial charge in [-0.2, -0.15) is 5.10 Å². The van der Waals surface area contributed by atoms with E-state index >= 15 is 0 Å². The zero-order chi connectivity index (χ0) is 30.0. The Hall–Kier alpha value is -5.36. The van der Waals surface area contributed by atoms with Crippen molar-refractivity contribution in [3.63, 3.8) is 0 Å². The summed E-state index contributed by atoms with van der Waals surface area (Å²) in [6, 6.07) is 21.0. The number of benzene rings is 2. The number of nitrogens with zero attached hydrogens (tertiary/aromatic N) is 7. The van der Waals surface area contributed by atoms with Crippen molar-refractivity contribution in [3.05, 3.63) is 84.8 Å². The van der Waals surface area contributed by atoms with Crippen LogP contribution in [0, 0.1) is 0 Å². The fourth-order valence-corrected chi connectivity index (χ4v) is 5.88. The quantitative estimate of drug-likeness (QED) is 0.279. The van der Waals surface area contributed by atoms with Gasteiger partial charge in [0.15, 0.2) is 5.65 Å². The Balaban J connectivity index is 1.08. The number of nitrogens with two attached hydrogens (primary N) is 1. The molecule has 5 aromatic rings. The van der Waals surface area contributed by atoms with Gasteiger partial charge in [-0.05, 0) is 55.3 Å². The molecule has 0 atom stereocenters. The molecule has 2 aliphatic rings. The molecule has 2 aromatic carbocycles. The first-order valence-electron chi connectivity index (χ1n) is 14.6. The summed E-state index contributed by atoms with van der Waals surface area (Å²) in [6.45, 7) is 2.61. The minimum atomic E-state index is -0.430. The Morgan fingerprint density at radius 2 is 1.66 bits per heavy atom. The maximum absolute atomic E-state index is 12.5. The molecule has 3 N–H and O–H groups in total. The zero-order valence-electron chi connectivity index (χ0n) is 24.0. The van der Waals surface area contributed by atoms with E-state index in [1.165, 1.54) is 6.33 Å². The second kappa shape index (κ2) is 11.7. The number of carbonyl (C=O) groups excluding carboxylic acids is 2. The summed E-state index contributed by atoms with van der Waals surface area (Å²) in [5.74, 6) is 2.22. The minimum absolute atomic E-state index is 0.129. The van der Waals surface area contributed by atoms with Crippen LogP contribution in [-0.2, 0) is 11.3 Å². The van der Waals surface area contributed by atoms with Crippen molar-refractivity contribution in [2.24, 2.45) is 0 Å². The zero-order valence-corrected chi connectivity index (χ0v) is 24.0. The van der Waals surface area contributed by atoms with Gasteiger partial charge in [0.25, 0.3) is 0 Å². The molecule has 222 valence electrons. The molecule has 0 radical (unpaired) electrons. The predicted molar refractivity (Wildman–Crippen MR) is 165 cm³/mol. The van der Waals surface area contributed by atoms with Crippen LogP contribution in [0.2, 0.25) is 0 Å². The van der Waals surface area contributed by atoms with E-state index in [2.05, 4.69) is 25.2 Å². The molecule has 44 heavy (non-hydrogen) atoms. The molecule has 0 saturated carbocycles. The monoisotopic (exact) mass is 589 g/mol. The highest BCUT2D eigenvalue weighted by atomic mass is 16.5. The molecular weight excluding hydrogens is 558 g/mol. The van der Waals surface area contributed by atoms with Gasteiger partial charge in [0.05, 0.1) is 11.4 Å². The second-order valence-corrected chi connectivity index (χ2v) is 10.9. The van der Waals surface area contributed by atoms with Crippen LogP contribution in [0.15, 0.2) is 79.3 Å². The van der Waals surface area contributed by atoms with Crippen LogP contribution in [0.4, 0.5) is 16.4 Å². The molecule has 3 amide bonds. The van der Waals surface area contributed by atoms with Crippen molar-refractivity contribution < 1.29 is 14.3 Å². The number of piperidine rings is 1. The number of pyridine rings is 1. The predicted octanol–water partition coefficient (Wildman–Crippen LogP) is 4.55. The van der Waals surface area contributed by atoms with Crippen molar-refractivity contribution in [3.8, 4) is 22.8 Å². The highest BCUT2D eigenvalue weighted by Gasteiger charge is 2.29. The van der Waals surface area contributed by atoms with Gasteiger partial charge in [-0.1, -0.05) is 24.3 Å². The lowest BCUT2D eigenvalue weighted by atomic mass is 10.0. The maximum Gasteiger partial charge on any atom is 0.329 e. The van der Waals surface area contributed by atoms with Gasteiger partial charge >= 0.3 is 6.03 Å². The summed E-state index contributed by atoms with van der Waals surface area (Å²) in [6.07, 6.45) is 5.13. The number of nitrogens with one attached hydrogen (secondary N) is 1. The van der Waals surface area contributed by atoms with E-state index < -0.39 is 6.03 Å². The molecule has 0 bridgehead atoms. The van der Waals surface area contributed by atoms with Gasteiger partial charge < -0.3 is 10.5 Å². The lowest BCUT2D eigenvalue weighted by Crippen LogP contribution is -2.50. The topological polar surface area (TPSA) is 144 Å². The average molecular weight is 590 g/mol. The molecule has 2 fully saturated rings. The highest BCUT2D eigenvalue weighted by molar-refractivity contribution is 6.05. The van der Waals surface area contributed by atoms with E-state index in [1.54, 1.807) is 11.1 Å². The van der Waals surface area contributed by atoms with Gasteiger partial charge in [-0.25, -0.2) is 24.4 Å². The Morgan fingerprint density at radius 1 is 0.886 bits per heavy atom. The highest BCUT2D eigenvalue weighted by Crippen LogP contribution is 2.35. The van der Waals surface area contributed by atoms with Gasteiger partial charge in [0.1, 0.15) is 35.2 Å². The summed E-state index contributed by atoms with van der Waals surface area (Å²) in [4.78, 5) is 41.4. The number of fused-ring (bicyclic) bond motifs is 1. The second-order valence-electron chi connectivity index (χ2n) is 10.9. The third kappa shape index (κ3) is 5.42. The molecule has 0 unspecified atom stereocenters. The number of hydrogen-bond acceptors (Lipinski definition) is 9. The summed E-state index contributed by atoms with van der Waals surface area (Å²) in [5, 5.41) is 8.17. The number of carbonyl (C=O) groups is 2. The smallest absolute Gasteiger partial charge is 0.329 e. The molecule has 5 heterocycles. The van der Waals surface area contributed by atoms with E-state index in [0.717, 1.165) is 65.3 Å². The van der Waals surface area contributed by atoms with Crippen molar-refractivity contribution >= 4 is 34.6 Å². The van der Waals surface area contributed by atoms with Crippen molar-refractivity contribution in [2.45, 2.75) is 31.8 Å². The normalized spacial score (nSPS) is 16.3. The van der Waals surface area contributed by atoms with Crippen LogP contribution >= 0.6 is 0 Å². The molecule has 7 rings (SSSR count). The van der Waals surface area contributed by atoms with Crippen LogP contribution in [0.3, 0.4) is 0 Å². The van der Waals surface area contributed by atoms with Gasteiger partial charge in [0.2, 0.25) is 5.91 Å². The first-order valence-corrected chi connectivity index (χ1v) is 14.6. The molecular formula is C32H31N9O3. The van der Waals surface area contributed by atoms with Crippen LogP contribution < -0.4 is 20.7 Å². The van der Waals surface area contributed by atoms with Crippen molar-refractivity contribution in [1.29, 1.82) is 0 Å². The molecule has 0 aliphatic carbocycles. The number of rotatable bonds is 7. The van der Waals surface area contributed by atoms with Crippen LogP contribution in [0.25, 0.3) is 22.3 Å². The van der Waals surface area contributed by atoms with E-state index in [1.807, 2.05) is 71.4 Å². The number of para-hydroxylation sites is 1. The lowest BCUT2D eigenvalue weighted by Gasteiger charge is -2.33. The summed E-state index contributed by atoms with van der Waals surface area (Å²) in [5.41, 5.74) is 9.69. The average Bonchev–Trinajstić information content (AvgIpc) is 3.44. The van der Waals surface area contributed by atoms with E-state index in [0.29, 0.717) is 24.7 Å². The largest absolute Gasteiger partial charge is 0.457 e. The third-order valence-electron chi connectivity index (χ3n) is 8.10. The van der Waals surface area contributed by atoms with E-state index in [-0.39, 0.29) is 18.4 Å². The maximum atomic E-state index is 12.5. The number of amides is 3. The molecule has 12 heteroatoms. The van der Waals surface area contributed by atoms with Gasteiger partial charge in [-0.15, -0.1) is 0 Å². The fourth-order valence-electron chi connectivity index (χ4n) is 5.88. The number of likely N-dealkylation sites (tertiary alicyclic amines) is 1.